The van der Waals surface area contributed by atoms with E-state index in [0.717, 1.165) is 16.3 Å². The molecule has 1 unspecified atom stereocenters. The lowest BCUT2D eigenvalue weighted by Crippen LogP contribution is -2.29. The molecule has 1 fully saturated rings. The van der Waals surface area contributed by atoms with Crippen molar-refractivity contribution in [1.82, 2.24) is 0 Å². The van der Waals surface area contributed by atoms with Crippen LogP contribution in [0.4, 0.5) is 5.69 Å². The Morgan fingerprint density at radius 1 is 0.848 bits per heavy atom. The number of aliphatic hydroxyl groups is 1. The number of hydrogen-bond acceptors (Lipinski definition) is 4. The molecule has 4 aromatic rings. The van der Waals surface area contributed by atoms with Crippen LogP contribution >= 0.6 is 0 Å². The zero-order chi connectivity index (χ0) is 23.1. The Morgan fingerprint density at radius 2 is 1.58 bits per heavy atom. The molecule has 0 aromatic heterocycles. The molecule has 0 aliphatic carbocycles. The van der Waals surface area contributed by atoms with Crippen molar-refractivity contribution in [3.63, 3.8) is 0 Å². The Labute approximate surface area is 190 Å². The van der Waals surface area contributed by atoms with Gasteiger partial charge in [-0.05, 0) is 53.1 Å². The van der Waals surface area contributed by atoms with Crippen LogP contribution in [0.2, 0.25) is 0 Å². The first kappa shape index (κ1) is 20.5. The number of benzene rings is 4. The molecule has 5 rings (SSSR count). The number of ketones is 1. The molecule has 1 saturated heterocycles. The normalized spacial score (nSPS) is 17.6. The maximum Gasteiger partial charge on any atom is 0.300 e. The fourth-order valence-corrected chi connectivity index (χ4v) is 4.46. The molecule has 33 heavy (non-hydrogen) atoms. The Balaban J connectivity index is 1.79. The third-order valence-corrected chi connectivity index (χ3v) is 5.95. The topological polar surface area (TPSA) is 77.8 Å². The number of amides is 1. The third-order valence-electron chi connectivity index (χ3n) is 5.95. The lowest BCUT2D eigenvalue weighted by molar-refractivity contribution is -0.132. The predicted octanol–water partition coefficient (Wildman–Crippen LogP) is 5.48. The van der Waals surface area contributed by atoms with Gasteiger partial charge in [-0.15, -0.1) is 0 Å². The highest BCUT2D eigenvalue weighted by atomic mass is 16.3. The van der Waals surface area contributed by atoms with Crippen molar-refractivity contribution < 1.29 is 19.8 Å². The molecule has 0 saturated carbocycles. The van der Waals surface area contributed by atoms with Crippen LogP contribution in [0, 0.1) is 6.92 Å². The molecule has 0 radical (unpaired) electrons. The summed E-state index contributed by atoms with van der Waals surface area (Å²) in [7, 11) is 0. The monoisotopic (exact) mass is 435 g/mol. The standard InChI is InChI=1S/C28H21NO4/c1-17-7-4-11-20(15-17)29-25(19-10-5-12-21(30)16-19)24(27(32)28(29)33)26(31)23-14-6-9-18-8-2-3-13-22(18)23/h2-16,25,30-31H,1H3/b26-24-. The number of carbonyl (C=O) groups is 2. The summed E-state index contributed by atoms with van der Waals surface area (Å²) in [4.78, 5) is 28.0. The molecular weight excluding hydrogens is 414 g/mol. The maximum atomic E-state index is 13.3. The first-order chi connectivity index (χ1) is 16.0. The highest BCUT2D eigenvalue weighted by Crippen LogP contribution is 2.43. The number of aliphatic hydroxyl groups excluding tert-OH is 1. The van der Waals surface area contributed by atoms with E-state index in [1.807, 2.05) is 55.5 Å². The summed E-state index contributed by atoms with van der Waals surface area (Å²) < 4.78 is 0. The zero-order valence-corrected chi connectivity index (χ0v) is 17.9. The number of aromatic hydroxyl groups is 1. The second kappa shape index (κ2) is 7.95. The first-order valence-corrected chi connectivity index (χ1v) is 10.6. The van der Waals surface area contributed by atoms with Gasteiger partial charge >= 0.3 is 0 Å². The van der Waals surface area contributed by atoms with Crippen molar-refractivity contribution in [2.24, 2.45) is 0 Å². The molecule has 1 aliphatic heterocycles. The summed E-state index contributed by atoms with van der Waals surface area (Å²) in [5.74, 6) is -1.73. The van der Waals surface area contributed by atoms with Gasteiger partial charge in [0.15, 0.2) is 0 Å². The highest BCUT2D eigenvalue weighted by Gasteiger charge is 2.47. The fourth-order valence-electron chi connectivity index (χ4n) is 4.46. The average molecular weight is 435 g/mol. The van der Waals surface area contributed by atoms with Gasteiger partial charge in [0.1, 0.15) is 11.5 Å². The van der Waals surface area contributed by atoms with Gasteiger partial charge in [0, 0.05) is 11.3 Å². The van der Waals surface area contributed by atoms with E-state index in [-0.39, 0.29) is 17.1 Å². The van der Waals surface area contributed by atoms with Crippen LogP contribution in [0.5, 0.6) is 5.75 Å². The molecule has 1 amide bonds. The largest absolute Gasteiger partial charge is 0.508 e. The molecule has 162 valence electrons. The van der Waals surface area contributed by atoms with Crippen molar-refractivity contribution >= 4 is 33.9 Å². The lowest BCUT2D eigenvalue weighted by atomic mass is 9.93. The number of Topliss-reactive ketones (excluding diaryl/α,β-unsaturated/α-hetero) is 1. The molecule has 1 aliphatic rings. The maximum absolute atomic E-state index is 13.3. The number of anilines is 1. The van der Waals surface area contributed by atoms with Gasteiger partial charge in [-0.3, -0.25) is 14.5 Å². The molecule has 5 heteroatoms. The number of fused-ring (bicyclic) bond motifs is 1. The van der Waals surface area contributed by atoms with Gasteiger partial charge in [0.05, 0.1) is 11.6 Å². The summed E-state index contributed by atoms with van der Waals surface area (Å²) >= 11 is 0. The average Bonchev–Trinajstić information content (AvgIpc) is 3.09. The Bertz CT molecular complexity index is 1450. The van der Waals surface area contributed by atoms with Crippen LogP contribution in [0.1, 0.15) is 22.7 Å². The second-order valence-electron chi connectivity index (χ2n) is 8.13. The van der Waals surface area contributed by atoms with E-state index in [4.69, 9.17) is 0 Å². The molecule has 0 spiro atoms. The van der Waals surface area contributed by atoms with E-state index >= 15 is 0 Å². The predicted molar refractivity (Wildman–Crippen MR) is 128 cm³/mol. The third kappa shape index (κ3) is 3.44. The van der Waals surface area contributed by atoms with Gasteiger partial charge in [-0.25, -0.2) is 0 Å². The van der Waals surface area contributed by atoms with Crippen molar-refractivity contribution in [1.29, 1.82) is 0 Å². The molecular formula is C28H21NO4. The van der Waals surface area contributed by atoms with Crippen molar-refractivity contribution in [2.45, 2.75) is 13.0 Å². The summed E-state index contributed by atoms with van der Waals surface area (Å²) in [6, 6.07) is 25.8. The van der Waals surface area contributed by atoms with E-state index in [9.17, 15) is 19.8 Å². The number of hydrogen-bond donors (Lipinski definition) is 2. The van der Waals surface area contributed by atoms with Gasteiger partial charge in [-0.1, -0.05) is 66.7 Å². The van der Waals surface area contributed by atoms with Crippen molar-refractivity contribution in [3.8, 4) is 5.75 Å². The number of aryl methyl sites for hydroxylation is 1. The van der Waals surface area contributed by atoms with E-state index in [1.54, 1.807) is 30.3 Å². The number of rotatable bonds is 3. The van der Waals surface area contributed by atoms with Crippen molar-refractivity contribution in [3.05, 3.63) is 113 Å². The van der Waals surface area contributed by atoms with Gasteiger partial charge in [0.25, 0.3) is 11.7 Å². The minimum Gasteiger partial charge on any atom is -0.508 e. The first-order valence-electron chi connectivity index (χ1n) is 10.6. The summed E-state index contributed by atoms with van der Waals surface area (Å²) in [6.45, 7) is 1.90. The van der Waals surface area contributed by atoms with Crippen LogP contribution in [0.25, 0.3) is 16.5 Å². The molecule has 2 N–H and O–H groups in total. The van der Waals surface area contributed by atoms with Gasteiger partial charge in [0.2, 0.25) is 0 Å². The van der Waals surface area contributed by atoms with E-state index < -0.39 is 17.7 Å². The Hall–Kier alpha value is -4.38. The molecule has 4 aromatic carbocycles. The molecule has 5 nitrogen and oxygen atoms in total. The van der Waals surface area contributed by atoms with E-state index in [2.05, 4.69) is 0 Å². The fraction of sp³-hybridized carbons (Fsp3) is 0.0714. The number of carbonyl (C=O) groups excluding carboxylic acids is 2. The second-order valence-corrected chi connectivity index (χ2v) is 8.13. The summed E-state index contributed by atoms with van der Waals surface area (Å²) in [6.07, 6.45) is 0. The van der Waals surface area contributed by atoms with E-state index in [1.165, 1.54) is 17.0 Å². The van der Waals surface area contributed by atoms with E-state index in [0.29, 0.717) is 16.8 Å². The molecule has 0 bridgehead atoms. The number of nitrogens with zero attached hydrogens (tertiary/aromatic N) is 1. The number of phenolic OH excluding ortho intramolecular Hbond substituents is 1. The van der Waals surface area contributed by atoms with Crippen LogP contribution < -0.4 is 4.90 Å². The summed E-state index contributed by atoms with van der Waals surface area (Å²) in [5.41, 5.74) is 2.46. The quantitative estimate of drug-likeness (QED) is 0.254. The Kier molecular flexibility index (Phi) is 4.94. The summed E-state index contributed by atoms with van der Waals surface area (Å²) in [5, 5.41) is 23.2. The zero-order valence-electron chi connectivity index (χ0n) is 17.9. The van der Waals surface area contributed by atoms with Crippen LogP contribution in [-0.4, -0.2) is 21.9 Å². The Morgan fingerprint density at radius 3 is 2.36 bits per heavy atom. The van der Waals surface area contributed by atoms with Gasteiger partial charge in [-0.2, -0.15) is 0 Å². The number of phenols is 1. The molecule has 1 heterocycles. The SMILES string of the molecule is Cc1cccc(N2C(=O)C(=O)/C(=C(\O)c3cccc4ccccc34)C2c2cccc(O)c2)c1. The highest BCUT2D eigenvalue weighted by molar-refractivity contribution is 6.51. The molecule has 1 atom stereocenters. The van der Waals surface area contributed by atoms with Crippen LogP contribution in [0.3, 0.4) is 0 Å². The van der Waals surface area contributed by atoms with Crippen LogP contribution in [-0.2, 0) is 9.59 Å². The minimum atomic E-state index is -0.891. The van der Waals surface area contributed by atoms with Crippen molar-refractivity contribution in [2.75, 3.05) is 4.90 Å². The van der Waals surface area contributed by atoms with Crippen LogP contribution in [0.15, 0.2) is 96.6 Å². The van der Waals surface area contributed by atoms with Gasteiger partial charge < -0.3 is 10.2 Å². The minimum absolute atomic E-state index is 0.00694. The lowest BCUT2D eigenvalue weighted by Gasteiger charge is -2.26. The smallest absolute Gasteiger partial charge is 0.300 e.